The Morgan fingerprint density at radius 3 is 2.83 bits per heavy atom. The second-order valence-corrected chi connectivity index (χ2v) is 12.5. The average molecular weight is 653 g/mol. The van der Waals surface area contributed by atoms with E-state index in [0.717, 1.165) is 42.5 Å². The monoisotopic (exact) mass is 652 g/mol. The Balaban J connectivity index is 1.33. The zero-order valence-corrected chi connectivity index (χ0v) is 26.2. The number of aryl methyl sites for hydroxylation is 2. The van der Waals surface area contributed by atoms with Crippen molar-refractivity contribution in [2.24, 2.45) is 0 Å². The maximum Gasteiger partial charge on any atom is 0.303 e. The van der Waals surface area contributed by atoms with Crippen LogP contribution in [0, 0.1) is 11.6 Å². The maximum atomic E-state index is 15.7. The standard InChI is InChI=1S/C36H34F2N6O4/c1-36(22-7-5-6-21(16-22)8-11-31(45)46)13-3-2-4-15-44-20-29(42-43-44)33(47)32-24-12-14-39-28(24)18-27(38)34(32)48-23-9-10-26(37)25(17-23)35-40-19-30(36)41-35/h5-7,9-10,12,14,16-20,33,39,47H,2-4,8,11,13,15H2,1H3,(H,40,41)(H,45,46). The van der Waals surface area contributed by atoms with Gasteiger partial charge in [0, 0.05) is 59.0 Å². The number of halogens is 2. The minimum absolute atomic E-state index is 0.0253. The van der Waals surface area contributed by atoms with E-state index in [1.54, 1.807) is 29.3 Å². The third-order valence-corrected chi connectivity index (χ3v) is 9.25. The molecule has 12 heteroatoms. The summed E-state index contributed by atoms with van der Waals surface area (Å²) in [5.41, 5.74) is 3.12. The molecule has 0 radical (unpaired) electrons. The highest BCUT2D eigenvalue weighted by atomic mass is 19.1. The molecule has 1 aliphatic rings. The van der Waals surface area contributed by atoms with E-state index in [4.69, 9.17) is 4.74 Å². The highest BCUT2D eigenvalue weighted by Gasteiger charge is 2.32. The highest BCUT2D eigenvalue weighted by Crippen LogP contribution is 2.42. The van der Waals surface area contributed by atoms with Crippen LogP contribution < -0.4 is 4.74 Å². The van der Waals surface area contributed by atoms with Crippen LogP contribution in [0.4, 0.5) is 8.78 Å². The third kappa shape index (κ3) is 5.95. The van der Waals surface area contributed by atoms with Gasteiger partial charge in [0.15, 0.2) is 11.6 Å². The molecule has 6 aromatic rings. The van der Waals surface area contributed by atoms with Crippen LogP contribution in [0.3, 0.4) is 0 Å². The zero-order chi connectivity index (χ0) is 33.4. The van der Waals surface area contributed by atoms with Crippen molar-refractivity contribution < 1.29 is 28.5 Å². The number of nitrogens with zero attached hydrogens (tertiary/aromatic N) is 4. The number of imidazole rings is 1. The Morgan fingerprint density at radius 2 is 1.98 bits per heavy atom. The van der Waals surface area contributed by atoms with Gasteiger partial charge in [0.25, 0.3) is 0 Å². The molecule has 0 fully saturated rings. The fraction of sp³-hybridized carbons (Fsp3) is 0.278. The molecule has 4 heterocycles. The Bertz CT molecular complexity index is 2120. The van der Waals surface area contributed by atoms with Crippen molar-refractivity contribution in [1.29, 1.82) is 0 Å². The lowest BCUT2D eigenvalue weighted by atomic mass is 9.75. The van der Waals surface area contributed by atoms with Gasteiger partial charge < -0.3 is 24.9 Å². The van der Waals surface area contributed by atoms with Crippen LogP contribution in [0.5, 0.6) is 11.5 Å². The van der Waals surface area contributed by atoms with Gasteiger partial charge in [-0.15, -0.1) is 5.10 Å². The number of hydrogen-bond acceptors (Lipinski definition) is 6. The van der Waals surface area contributed by atoms with E-state index >= 15 is 8.78 Å². The van der Waals surface area contributed by atoms with E-state index in [2.05, 4.69) is 32.2 Å². The van der Waals surface area contributed by atoms with Crippen molar-refractivity contribution >= 4 is 16.9 Å². The summed E-state index contributed by atoms with van der Waals surface area (Å²) in [5.74, 6) is -1.92. The van der Waals surface area contributed by atoms with Gasteiger partial charge in [-0.1, -0.05) is 42.3 Å². The van der Waals surface area contributed by atoms with Crippen LogP contribution in [0.2, 0.25) is 0 Å². The minimum atomic E-state index is -1.36. The Hall–Kier alpha value is -5.36. The molecule has 10 nitrogen and oxygen atoms in total. The van der Waals surface area contributed by atoms with Crippen LogP contribution in [0.1, 0.15) is 73.2 Å². The van der Waals surface area contributed by atoms with Crippen molar-refractivity contribution in [3.63, 3.8) is 0 Å². The van der Waals surface area contributed by atoms with Crippen molar-refractivity contribution in [3.05, 3.63) is 113 Å². The first-order chi connectivity index (χ1) is 23.2. The van der Waals surface area contributed by atoms with Gasteiger partial charge in [-0.25, -0.2) is 13.8 Å². The second-order valence-electron chi connectivity index (χ2n) is 12.5. The number of fused-ring (bicyclic) bond motifs is 10. The quantitative estimate of drug-likeness (QED) is 0.158. The zero-order valence-electron chi connectivity index (χ0n) is 26.2. The summed E-state index contributed by atoms with van der Waals surface area (Å²) in [4.78, 5) is 22.2. The number of aliphatic hydroxyl groups is 1. The average Bonchev–Trinajstić information content (AvgIpc) is 3.86. The van der Waals surface area contributed by atoms with Crippen LogP contribution in [-0.4, -0.2) is 46.1 Å². The number of aromatic amines is 2. The lowest BCUT2D eigenvalue weighted by Gasteiger charge is -2.30. The molecule has 0 saturated carbocycles. The number of ether oxygens (including phenoxy) is 1. The molecule has 3 aromatic carbocycles. The van der Waals surface area contributed by atoms with Gasteiger partial charge >= 0.3 is 5.97 Å². The first-order valence-electron chi connectivity index (χ1n) is 15.9. The molecular formula is C36H34F2N6O4. The number of rotatable bonds is 4. The number of benzene rings is 3. The van der Waals surface area contributed by atoms with E-state index < -0.39 is 29.1 Å². The lowest BCUT2D eigenvalue weighted by molar-refractivity contribution is -0.136. The van der Waals surface area contributed by atoms with E-state index in [1.165, 1.54) is 24.3 Å². The number of aromatic nitrogens is 6. The fourth-order valence-corrected chi connectivity index (χ4v) is 6.54. The first kappa shape index (κ1) is 31.3. The third-order valence-electron chi connectivity index (χ3n) is 9.25. The molecule has 0 amide bonds. The highest BCUT2D eigenvalue weighted by molar-refractivity contribution is 5.86. The van der Waals surface area contributed by atoms with Gasteiger partial charge in [-0.2, -0.15) is 0 Å². The summed E-state index contributed by atoms with van der Waals surface area (Å²) in [5, 5.41) is 29.7. The molecule has 0 spiro atoms. The molecule has 0 saturated heterocycles. The Labute approximate surface area is 274 Å². The largest absolute Gasteiger partial charge is 0.481 e. The van der Waals surface area contributed by atoms with Crippen molar-refractivity contribution in [2.75, 3.05) is 0 Å². The van der Waals surface area contributed by atoms with Crippen molar-refractivity contribution in [3.8, 4) is 22.9 Å². The summed E-state index contributed by atoms with van der Waals surface area (Å²) in [6.07, 6.45) is 7.28. The number of carboxylic acid groups (broad SMARTS) is 1. The molecule has 6 bridgehead atoms. The van der Waals surface area contributed by atoms with E-state index in [-0.39, 0.29) is 40.6 Å². The number of aliphatic carboxylic acids is 1. The molecule has 0 aliphatic carbocycles. The Kier molecular flexibility index (Phi) is 8.26. The summed E-state index contributed by atoms with van der Waals surface area (Å²) in [6.45, 7) is 2.66. The first-order valence-corrected chi connectivity index (χ1v) is 15.9. The number of carbonyl (C=O) groups is 1. The van der Waals surface area contributed by atoms with Crippen molar-refractivity contribution in [2.45, 2.75) is 63.5 Å². The van der Waals surface area contributed by atoms with Crippen LogP contribution in [0.25, 0.3) is 22.3 Å². The number of aliphatic hydroxyl groups excluding tert-OH is 1. The fourth-order valence-electron chi connectivity index (χ4n) is 6.54. The molecule has 2 unspecified atom stereocenters. The van der Waals surface area contributed by atoms with Gasteiger partial charge in [0.1, 0.15) is 29.2 Å². The SMILES string of the molecule is CC1(c2cccc(CCC(=O)O)c2)CCCCCn2cc(nn2)C(O)c2c(c(F)cc3[nH]ccc23)Oc2ccc(F)c(c2)-c2ncc1[nH]2. The summed E-state index contributed by atoms with van der Waals surface area (Å²) in [6, 6.07) is 15.0. The van der Waals surface area contributed by atoms with Gasteiger partial charge in [0.05, 0.1) is 11.8 Å². The smallest absolute Gasteiger partial charge is 0.303 e. The summed E-state index contributed by atoms with van der Waals surface area (Å²) in [7, 11) is 0. The molecule has 2 atom stereocenters. The van der Waals surface area contributed by atoms with Gasteiger partial charge in [-0.05, 0) is 61.6 Å². The molecule has 1 aliphatic heterocycles. The maximum absolute atomic E-state index is 15.7. The van der Waals surface area contributed by atoms with Gasteiger partial charge in [-0.3, -0.25) is 9.48 Å². The summed E-state index contributed by atoms with van der Waals surface area (Å²) >= 11 is 0. The van der Waals surface area contributed by atoms with E-state index in [9.17, 15) is 15.0 Å². The minimum Gasteiger partial charge on any atom is -0.481 e. The van der Waals surface area contributed by atoms with Crippen molar-refractivity contribution in [1.82, 2.24) is 29.9 Å². The molecule has 3 aromatic heterocycles. The molecular weight excluding hydrogens is 618 g/mol. The predicted octanol–water partition coefficient (Wildman–Crippen LogP) is 7.20. The number of hydrogen-bond donors (Lipinski definition) is 4. The molecule has 48 heavy (non-hydrogen) atoms. The number of carboxylic acids is 1. The lowest BCUT2D eigenvalue weighted by Crippen LogP contribution is -2.24. The van der Waals surface area contributed by atoms with E-state index in [0.29, 0.717) is 23.9 Å². The van der Waals surface area contributed by atoms with Gasteiger partial charge in [0.2, 0.25) is 0 Å². The van der Waals surface area contributed by atoms with Crippen LogP contribution in [-0.2, 0) is 23.2 Å². The van der Waals surface area contributed by atoms with E-state index in [1.807, 2.05) is 24.3 Å². The van der Waals surface area contributed by atoms with Crippen LogP contribution >= 0.6 is 0 Å². The normalized spacial score (nSPS) is 18.4. The second kappa shape index (κ2) is 12.7. The topological polar surface area (TPSA) is 142 Å². The summed E-state index contributed by atoms with van der Waals surface area (Å²) < 4.78 is 38.9. The Morgan fingerprint density at radius 1 is 1.10 bits per heavy atom. The number of nitrogens with one attached hydrogen (secondary N) is 2. The molecule has 7 rings (SSSR count). The number of H-pyrrole nitrogens is 2. The van der Waals surface area contributed by atoms with Crippen LogP contribution in [0.15, 0.2) is 73.2 Å². The predicted molar refractivity (Wildman–Crippen MR) is 174 cm³/mol. The molecule has 246 valence electrons. The molecule has 4 N–H and O–H groups in total.